The Labute approximate surface area is 203 Å². The fourth-order valence-electron chi connectivity index (χ4n) is 4.29. The van der Waals surface area contributed by atoms with Gasteiger partial charge in [-0.2, -0.15) is 0 Å². The van der Waals surface area contributed by atoms with Crippen LogP contribution in [0.2, 0.25) is 5.02 Å². The second kappa shape index (κ2) is 8.65. The number of carbonyl (C=O) groups is 1. The van der Waals surface area contributed by atoms with Crippen molar-refractivity contribution in [2.75, 3.05) is 5.32 Å². The normalized spacial score (nSPS) is 15.1. The third kappa shape index (κ3) is 4.31. The molecule has 7 nitrogen and oxygen atoms in total. The number of fused-ring (bicyclic) bond motifs is 1. The Morgan fingerprint density at radius 1 is 1.12 bits per heavy atom. The monoisotopic (exact) mass is 472 g/mol. The second-order valence-corrected chi connectivity index (χ2v) is 9.87. The summed E-state index contributed by atoms with van der Waals surface area (Å²) in [6.45, 7) is 7.17. The summed E-state index contributed by atoms with van der Waals surface area (Å²) in [6, 6.07) is 9.44. The Kier molecular flexibility index (Phi) is 5.65. The molecule has 34 heavy (non-hydrogen) atoms. The minimum atomic E-state index is -0.406. The molecule has 0 radical (unpaired) electrons. The van der Waals surface area contributed by atoms with Crippen LogP contribution in [0.25, 0.3) is 22.5 Å². The summed E-state index contributed by atoms with van der Waals surface area (Å²) in [7, 11) is 0. The fourth-order valence-corrected chi connectivity index (χ4v) is 4.49. The molecule has 0 aliphatic carbocycles. The number of aromatic nitrogens is 5. The molecule has 0 saturated heterocycles. The van der Waals surface area contributed by atoms with Crippen molar-refractivity contribution in [3.8, 4) is 22.5 Å². The van der Waals surface area contributed by atoms with E-state index >= 15 is 0 Å². The molecule has 1 amide bonds. The molecular formula is C26H25ClN6O. The van der Waals surface area contributed by atoms with Crippen LogP contribution in [0.3, 0.4) is 0 Å². The molecule has 172 valence electrons. The van der Waals surface area contributed by atoms with Crippen molar-refractivity contribution in [1.29, 1.82) is 0 Å². The van der Waals surface area contributed by atoms with Crippen LogP contribution in [0.1, 0.15) is 38.1 Å². The lowest BCUT2D eigenvalue weighted by Crippen LogP contribution is -2.19. The second-order valence-electron chi connectivity index (χ2n) is 9.47. The van der Waals surface area contributed by atoms with Crippen LogP contribution in [-0.4, -0.2) is 30.4 Å². The van der Waals surface area contributed by atoms with Crippen LogP contribution in [0.4, 0.5) is 5.82 Å². The number of anilines is 1. The van der Waals surface area contributed by atoms with Gasteiger partial charge >= 0.3 is 0 Å². The summed E-state index contributed by atoms with van der Waals surface area (Å²) in [5.41, 5.74) is 4.45. The first-order valence-corrected chi connectivity index (χ1v) is 11.6. The van der Waals surface area contributed by atoms with Gasteiger partial charge in [-0.1, -0.05) is 31.5 Å². The predicted molar refractivity (Wildman–Crippen MR) is 132 cm³/mol. The zero-order chi connectivity index (χ0) is 23.9. The fraction of sp³-hybridized carbons (Fsp3) is 0.269. The van der Waals surface area contributed by atoms with E-state index < -0.39 is 5.92 Å². The van der Waals surface area contributed by atoms with E-state index in [2.05, 4.69) is 43.7 Å². The molecule has 0 bridgehead atoms. The smallest absolute Gasteiger partial charge is 0.232 e. The van der Waals surface area contributed by atoms with E-state index in [0.29, 0.717) is 10.8 Å². The lowest BCUT2D eigenvalue weighted by atomic mass is 9.92. The number of imidazole rings is 1. The summed E-state index contributed by atoms with van der Waals surface area (Å²) in [5, 5.41) is 3.45. The van der Waals surface area contributed by atoms with Gasteiger partial charge in [0.05, 0.1) is 28.5 Å². The molecular weight excluding hydrogens is 448 g/mol. The number of nitrogens with zero attached hydrogens (tertiary/aromatic N) is 5. The third-order valence-electron chi connectivity index (χ3n) is 6.18. The minimum absolute atomic E-state index is 0.158. The average molecular weight is 473 g/mol. The number of rotatable bonds is 5. The highest BCUT2D eigenvalue weighted by Gasteiger charge is 2.31. The van der Waals surface area contributed by atoms with Gasteiger partial charge in [0.1, 0.15) is 11.6 Å². The summed E-state index contributed by atoms with van der Waals surface area (Å²) >= 11 is 6.49. The largest absolute Gasteiger partial charge is 0.327 e. The van der Waals surface area contributed by atoms with E-state index in [4.69, 9.17) is 11.6 Å². The molecule has 0 unspecified atom stereocenters. The molecule has 5 rings (SSSR count). The van der Waals surface area contributed by atoms with Gasteiger partial charge in [0.25, 0.3) is 0 Å². The van der Waals surface area contributed by atoms with Crippen molar-refractivity contribution in [3.05, 3.63) is 77.7 Å². The highest BCUT2D eigenvalue weighted by molar-refractivity contribution is 6.33. The molecule has 1 aliphatic rings. The average Bonchev–Trinajstić information content (AvgIpc) is 3.35. The Morgan fingerprint density at radius 3 is 2.71 bits per heavy atom. The van der Waals surface area contributed by atoms with Crippen molar-refractivity contribution in [2.45, 2.75) is 39.7 Å². The molecule has 1 N–H and O–H groups in total. The van der Waals surface area contributed by atoms with Gasteiger partial charge in [0.15, 0.2) is 0 Å². The number of amides is 1. The molecule has 4 aromatic heterocycles. The van der Waals surface area contributed by atoms with E-state index in [-0.39, 0.29) is 11.3 Å². The van der Waals surface area contributed by atoms with Crippen LogP contribution >= 0.6 is 11.6 Å². The Hall–Kier alpha value is -3.58. The van der Waals surface area contributed by atoms with Crippen LogP contribution in [-0.2, 0) is 17.8 Å². The minimum Gasteiger partial charge on any atom is -0.327 e. The van der Waals surface area contributed by atoms with Gasteiger partial charge < -0.3 is 9.88 Å². The maximum Gasteiger partial charge on any atom is 0.232 e. The summed E-state index contributed by atoms with van der Waals surface area (Å²) < 4.78 is 2.20. The summed E-state index contributed by atoms with van der Waals surface area (Å²) in [5.74, 6) is 0.922. The Morgan fingerprint density at radius 2 is 1.97 bits per heavy atom. The van der Waals surface area contributed by atoms with Gasteiger partial charge in [-0.25, -0.2) is 9.97 Å². The SMILES string of the molecule is C[C@@H](C(=O)Nc1cc(-c2cnc3n2CC(C)(C)C3)c(Cl)cn1)c1ccc(-c2cccnc2)nc1. The van der Waals surface area contributed by atoms with Crippen LogP contribution in [0, 0.1) is 5.41 Å². The molecule has 1 atom stereocenters. The standard InChI is InChI=1S/C26H25ClN6O/c1-16(17-6-7-21(29-12-17)18-5-4-8-28-11-18)25(34)32-23-9-19(20(27)13-30-23)22-14-31-24-10-26(2,3)15-33(22)24/h4-9,11-14,16H,10,15H2,1-3H3,(H,30,32,34)/t16-/m1/s1. The molecule has 4 aromatic rings. The number of hydrogen-bond donors (Lipinski definition) is 1. The van der Waals surface area contributed by atoms with Gasteiger partial charge in [-0.15, -0.1) is 0 Å². The number of hydrogen-bond acceptors (Lipinski definition) is 5. The van der Waals surface area contributed by atoms with Crippen molar-refractivity contribution < 1.29 is 4.79 Å². The number of carbonyl (C=O) groups excluding carboxylic acids is 1. The first-order valence-electron chi connectivity index (χ1n) is 11.2. The van der Waals surface area contributed by atoms with E-state index in [0.717, 1.165) is 46.9 Å². The zero-order valence-electron chi connectivity index (χ0n) is 19.3. The van der Waals surface area contributed by atoms with Crippen molar-refractivity contribution in [3.63, 3.8) is 0 Å². The molecule has 0 saturated carbocycles. The molecule has 5 heterocycles. The number of pyridine rings is 3. The van der Waals surface area contributed by atoms with Crippen molar-refractivity contribution in [1.82, 2.24) is 24.5 Å². The van der Waals surface area contributed by atoms with E-state index in [1.807, 2.05) is 43.5 Å². The van der Waals surface area contributed by atoms with Gasteiger partial charge in [-0.3, -0.25) is 14.8 Å². The highest BCUT2D eigenvalue weighted by atomic mass is 35.5. The number of nitrogens with one attached hydrogen (secondary N) is 1. The Balaban J connectivity index is 1.34. The van der Waals surface area contributed by atoms with E-state index in [1.165, 1.54) is 0 Å². The van der Waals surface area contributed by atoms with Crippen molar-refractivity contribution >= 4 is 23.3 Å². The maximum atomic E-state index is 13.0. The Bertz CT molecular complexity index is 1350. The third-order valence-corrected chi connectivity index (χ3v) is 6.48. The van der Waals surface area contributed by atoms with E-state index in [1.54, 1.807) is 24.8 Å². The van der Waals surface area contributed by atoms with Gasteiger partial charge in [0.2, 0.25) is 5.91 Å². The summed E-state index contributed by atoms with van der Waals surface area (Å²) in [4.78, 5) is 30.5. The summed E-state index contributed by atoms with van der Waals surface area (Å²) in [6.07, 6.45) is 9.55. The lowest BCUT2D eigenvalue weighted by molar-refractivity contribution is -0.117. The van der Waals surface area contributed by atoms with Gasteiger partial charge in [-0.05, 0) is 42.2 Å². The molecule has 0 fully saturated rings. The maximum absolute atomic E-state index is 13.0. The first-order chi connectivity index (χ1) is 16.3. The van der Waals surface area contributed by atoms with Gasteiger partial charge in [0, 0.05) is 48.9 Å². The topological polar surface area (TPSA) is 85.6 Å². The lowest BCUT2D eigenvalue weighted by Gasteiger charge is -2.17. The molecule has 0 aromatic carbocycles. The van der Waals surface area contributed by atoms with Crippen LogP contribution < -0.4 is 5.32 Å². The van der Waals surface area contributed by atoms with Crippen LogP contribution in [0.15, 0.2) is 61.3 Å². The highest BCUT2D eigenvalue weighted by Crippen LogP contribution is 2.37. The predicted octanol–water partition coefficient (Wildman–Crippen LogP) is 5.38. The molecule has 0 spiro atoms. The van der Waals surface area contributed by atoms with Crippen molar-refractivity contribution in [2.24, 2.45) is 5.41 Å². The molecule has 8 heteroatoms. The quantitative estimate of drug-likeness (QED) is 0.421. The zero-order valence-corrected chi connectivity index (χ0v) is 20.0. The number of halogens is 1. The van der Waals surface area contributed by atoms with E-state index in [9.17, 15) is 4.79 Å². The molecule has 1 aliphatic heterocycles. The first kappa shape index (κ1) is 22.2. The van der Waals surface area contributed by atoms with Crippen LogP contribution in [0.5, 0.6) is 0 Å².